The van der Waals surface area contributed by atoms with Gasteiger partial charge in [0.2, 0.25) is 5.91 Å². The normalized spacial score (nSPS) is 22.5. The summed E-state index contributed by atoms with van der Waals surface area (Å²) in [5, 5.41) is 2.33. The van der Waals surface area contributed by atoms with Gasteiger partial charge in [0.1, 0.15) is 5.92 Å². The van der Waals surface area contributed by atoms with Gasteiger partial charge in [0, 0.05) is 0 Å². The number of aryl methyl sites for hydroxylation is 1. The van der Waals surface area contributed by atoms with Crippen molar-refractivity contribution in [2.75, 3.05) is 9.96 Å². The van der Waals surface area contributed by atoms with Crippen LogP contribution in [0.5, 0.6) is 0 Å². The molecule has 5 rings (SSSR count). The highest BCUT2D eigenvalue weighted by Gasteiger charge is 2.60. The SMILES string of the molecule is CCc1ccc([C@@H]2[C@@H]3C(=O)N(c4ccc(Cl)c(Cl)c4)C(=O)[C@@H]3ON2c2ccccc2)cc1. The Bertz CT molecular complexity index is 1180. The van der Waals surface area contributed by atoms with E-state index in [0.717, 1.165) is 22.6 Å². The van der Waals surface area contributed by atoms with Crippen LogP contribution < -0.4 is 9.96 Å². The van der Waals surface area contributed by atoms with E-state index < -0.39 is 24.0 Å². The van der Waals surface area contributed by atoms with E-state index in [4.69, 9.17) is 28.0 Å². The summed E-state index contributed by atoms with van der Waals surface area (Å²) in [6.45, 7) is 2.09. The summed E-state index contributed by atoms with van der Waals surface area (Å²) in [4.78, 5) is 34.2. The molecule has 5 nitrogen and oxygen atoms in total. The fourth-order valence-electron chi connectivity index (χ4n) is 4.38. The monoisotopic (exact) mass is 466 g/mol. The maximum atomic E-state index is 13.6. The molecule has 2 aliphatic heterocycles. The highest BCUT2D eigenvalue weighted by Crippen LogP contribution is 2.47. The summed E-state index contributed by atoms with van der Waals surface area (Å²) in [7, 11) is 0. The van der Waals surface area contributed by atoms with E-state index in [1.807, 2.05) is 54.6 Å². The molecule has 3 atom stereocenters. The van der Waals surface area contributed by atoms with Crippen LogP contribution in [-0.4, -0.2) is 17.9 Å². The van der Waals surface area contributed by atoms with Gasteiger partial charge in [-0.3, -0.25) is 14.4 Å². The first-order chi connectivity index (χ1) is 15.5. The van der Waals surface area contributed by atoms with Gasteiger partial charge in [-0.25, -0.2) is 9.96 Å². The van der Waals surface area contributed by atoms with Crippen molar-refractivity contribution in [3.8, 4) is 0 Å². The van der Waals surface area contributed by atoms with Gasteiger partial charge < -0.3 is 0 Å². The van der Waals surface area contributed by atoms with Crippen LogP contribution >= 0.6 is 23.2 Å². The van der Waals surface area contributed by atoms with E-state index in [2.05, 4.69) is 6.92 Å². The van der Waals surface area contributed by atoms with Crippen LogP contribution in [0.1, 0.15) is 24.1 Å². The molecule has 0 radical (unpaired) electrons. The Morgan fingerprint density at radius 3 is 2.22 bits per heavy atom. The fourth-order valence-corrected chi connectivity index (χ4v) is 4.67. The van der Waals surface area contributed by atoms with Crippen LogP contribution in [0.4, 0.5) is 11.4 Å². The van der Waals surface area contributed by atoms with Gasteiger partial charge in [-0.1, -0.05) is 72.6 Å². The highest BCUT2D eigenvalue weighted by molar-refractivity contribution is 6.42. The Kier molecular flexibility index (Phi) is 5.41. The molecule has 0 spiro atoms. The van der Waals surface area contributed by atoms with Gasteiger partial charge in [0.25, 0.3) is 5.91 Å². The first-order valence-corrected chi connectivity index (χ1v) is 11.2. The third-order valence-corrected chi connectivity index (χ3v) is 6.76. The number of carbonyl (C=O) groups excluding carboxylic acids is 2. The molecule has 2 saturated heterocycles. The molecule has 7 heteroatoms. The summed E-state index contributed by atoms with van der Waals surface area (Å²) in [5.74, 6) is -1.42. The average molecular weight is 467 g/mol. The minimum Gasteiger partial charge on any atom is -0.273 e. The van der Waals surface area contributed by atoms with Crippen molar-refractivity contribution >= 4 is 46.4 Å². The topological polar surface area (TPSA) is 49.9 Å². The zero-order chi connectivity index (χ0) is 22.4. The lowest BCUT2D eigenvalue weighted by Crippen LogP contribution is -2.37. The predicted molar refractivity (Wildman–Crippen MR) is 125 cm³/mol. The number of imide groups is 1. The van der Waals surface area contributed by atoms with Gasteiger partial charge in [-0.15, -0.1) is 0 Å². The van der Waals surface area contributed by atoms with E-state index in [0.29, 0.717) is 10.7 Å². The summed E-state index contributed by atoms with van der Waals surface area (Å²) < 4.78 is 0. The molecule has 3 aromatic rings. The second-order valence-electron chi connectivity index (χ2n) is 7.86. The zero-order valence-corrected chi connectivity index (χ0v) is 18.8. The Morgan fingerprint density at radius 1 is 0.844 bits per heavy atom. The first kappa shape index (κ1) is 21.0. The van der Waals surface area contributed by atoms with Crippen molar-refractivity contribution in [2.24, 2.45) is 5.92 Å². The molecule has 2 fully saturated rings. The summed E-state index contributed by atoms with van der Waals surface area (Å²) in [6.07, 6.45) is -0.00804. The molecule has 0 saturated carbocycles. The summed E-state index contributed by atoms with van der Waals surface area (Å²) >= 11 is 12.2. The average Bonchev–Trinajstić information content (AvgIpc) is 3.32. The number of hydrogen-bond donors (Lipinski definition) is 0. The molecule has 162 valence electrons. The minimum absolute atomic E-state index is 0.278. The van der Waals surface area contributed by atoms with Gasteiger partial charge in [0.15, 0.2) is 6.10 Å². The number of amides is 2. The van der Waals surface area contributed by atoms with Crippen LogP contribution in [0.2, 0.25) is 10.0 Å². The number of hydroxylamine groups is 1. The van der Waals surface area contributed by atoms with Crippen LogP contribution in [0.15, 0.2) is 72.8 Å². The highest BCUT2D eigenvalue weighted by atomic mass is 35.5. The van der Waals surface area contributed by atoms with E-state index in [1.54, 1.807) is 17.2 Å². The third kappa shape index (κ3) is 3.37. The molecule has 2 aliphatic rings. The second kappa shape index (κ2) is 8.24. The van der Waals surface area contributed by atoms with Crippen molar-refractivity contribution < 1.29 is 14.4 Å². The van der Waals surface area contributed by atoms with Crippen LogP contribution in [-0.2, 0) is 20.8 Å². The third-order valence-electron chi connectivity index (χ3n) is 6.02. The number of nitrogens with zero attached hydrogens (tertiary/aromatic N) is 2. The molecule has 0 bridgehead atoms. The number of fused-ring (bicyclic) bond motifs is 1. The van der Waals surface area contributed by atoms with Crippen LogP contribution in [0.3, 0.4) is 0 Å². The van der Waals surface area contributed by atoms with E-state index in [1.165, 1.54) is 11.6 Å². The van der Waals surface area contributed by atoms with Crippen molar-refractivity contribution in [1.82, 2.24) is 0 Å². The Morgan fingerprint density at radius 2 is 1.56 bits per heavy atom. The number of halogens is 2. The second-order valence-corrected chi connectivity index (χ2v) is 8.68. The number of anilines is 2. The smallest absolute Gasteiger partial charge is 0.266 e. The molecule has 32 heavy (non-hydrogen) atoms. The van der Waals surface area contributed by atoms with Gasteiger partial charge in [0.05, 0.1) is 27.5 Å². The molecule has 2 heterocycles. The maximum Gasteiger partial charge on any atom is 0.266 e. The van der Waals surface area contributed by atoms with E-state index in [-0.39, 0.29) is 10.9 Å². The van der Waals surface area contributed by atoms with E-state index in [9.17, 15) is 9.59 Å². The largest absolute Gasteiger partial charge is 0.273 e. The molecule has 3 aromatic carbocycles. The van der Waals surface area contributed by atoms with Gasteiger partial charge in [-0.05, 0) is 47.9 Å². The zero-order valence-electron chi connectivity index (χ0n) is 17.2. The lowest BCUT2D eigenvalue weighted by Gasteiger charge is -2.29. The lowest BCUT2D eigenvalue weighted by atomic mass is 9.90. The predicted octanol–water partition coefficient (Wildman–Crippen LogP) is 5.61. The van der Waals surface area contributed by atoms with Gasteiger partial charge >= 0.3 is 0 Å². The molecule has 0 aliphatic carbocycles. The maximum absolute atomic E-state index is 13.6. The summed E-state index contributed by atoms with van der Waals surface area (Å²) in [5.41, 5.74) is 3.28. The number of rotatable bonds is 4. The number of benzene rings is 3. The quantitative estimate of drug-likeness (QED) is 0.469. The first-order valence-electron chi connectivity index (χ1n) is 10.4. The fraction of sp³-hybridized carbons (Fsp3) is 0.200. The standard InChI is InChI=1S/C25H20Cl2N2O3/c1-2-15-8-10-16(11-9-15)22-21-23(32-29(22)17-6-4-3-5-7-17)25(31)28(24(21)30)18-12-13-19(26)20(27)14-18/h3-14,21-23H,2H2,1H3/t21-,22+,23+/m0/s1. The summed E-state index contributed by atoms with van der Waals surface area (Å²) in [6, 6.07) is 21.9. The number of hydrogen-bond acceptors (Lipinski definition) is 4. The molecule has 0 unspecified atom stereocenters. The van der Waals surface area contributed by atoms with Crippen molar-refractivity contribution in [2.45, 2.75) is 25.5 Å². The Balaban J connectivity index is 1.57. The van der Waals surface area contributed by atoms with Crippen LogP contribution in [0, 0.1) is 5.92 Å². The van der Waals surface area contributed by atoms with Crippen molar-refractivity contribution in [3.63, 3.8) is 0 Å². The minimum atomic E-state index is -0.923. The molecular formula is C25H20Cl2N2O3. The van der Waals surface area contributed by atoms with Crippen molar-refractivity contribution in [3.05, 3.63) is 94.0 Å². The lowest BCUT2D eigenvalue weighted by molar-refractivity contribution is -0.126. The number of carbonyl (C=O) groups is 2. The number of para-hydroxylation sites is 1. The molecular weight excluding hydrogens is 447 g/mol. The van der Waals surface area contributed by atoms with Crippen LogP contribution in [0.25, 0.3) is 0 Å². The molecule has 0 aromatic heterocycles. The molecule has 2 amide bonds. The molecule has 0 N–H and O–H groups in total. The van der Waals surface area contributed by atoms with Crippen molar-refractivity contribution in [1.29, 1.82) is 0 Å². The Hall–Kier alpha value is -2.86. The van der Waals surface area contributed by atoms with E-state index >= 15 is 0 Å². The Labute approximate surface area is 196 Å². The van der Waals surface area contributed by atoms with Gasteiger partial charge in [-0.2, -0.15) is 0 Å².